The largest absolute Gasteiger partial charge is 0.413 e. The molecule has 0 N–H and O–H groups in total. The predicted molar refractivity (Wildman–Crippen MR) is 155 cm³/mol. The van der Waals surface area contributed by atoms with Crippen molar-refractivity contribution in [2.75, 3.05) is 5.75 Å². The van der Waals surface area contributed by atoms with Crippen LogP contribution in [0.4, 0.5) is 0 Å². The quantitative estimate of drug-likeness (QED) is 0.156. The molecule has 5 heteroatoms. The molecule has 0 aliphatic heterocycles. The molecule has 35 heavy (non-hydrogen) atoms. The predicted octanol–water partition coefficient (Wildman–Crippen LogP) is 8.74. The van der Waals surface area contributed by atoms with Crippen molar-refractivity contribution < 1.29 is 9.22 Å². The van der Waals surface area contributed by atoms with Gasteiger partial charge in [-0.15, -0.1) is 11.8 Å². The van der Waals surface area contributed by atoms with Crippen LogP contribution in [0.1, 0.15) is 32.8 Å². The second-order valence-electron chi connectivity index (χ2n) is 8.89. The van der Waals surface area contributed by atoms with E-state index in [-0.39, 0.29) is 17.1 Å². The average molecular weight is 523 g/mol. The van der Waals surface area contributed by atoms with Crippen molar-refractivity contribution in [2.45, 2.75) is 67.6 Å². The highest BCUT2D eigenvalue weighted by molar-refractivity contribution is 8.13. The molecule has 0 heterocycles. The molecule has 3 rings (SSSR count). The maximum absolute atomic E-state index is 13.8. The van der Waals surface area contributed by atoms with E-state index in [2.05, 4.69) is 75.4 Å². The highest BCUT2D eigenvalue weighted by Gasteiger charge is 2.37. The van der Waals surface area contributed by atoms with E-state index in [1.165, 1.54) is 22.2 Å². The first-order chi connectivity index (χ1) is 17.1. The molecule has 0 unspecified atom stereocenters. The zero-order valence-electron chi connectivity index (χ0n) is 21.2. The number of hydrogen-bond donors (Lipinski definition) is 0. The second kappa shape index (κ2) is 14.7. The highest BCUT2D eigenvalue weighted by Crippen LogP contribution is 2.34. The van der Waals surface area contributed by atoms with Gasteiger partial charge in [-0.3, -0.25) is 4.79 Å². The Bertz CT molecular complexity index is 986. The first-order valence-electron chi connectivity index (χ1n) is 12.8. The maximum atomic E-state index is 13.8. The van der Waals surface area contributed by atoms with Crippen LogP contribution < -0.4 is 0 Å². The lowest BCUT2D eigenvalue weighted by Crippen LogP contribution is -2.44. The third-order valence-corrected chi connectivity index (χ3v) is 13.6. The fourth-order valence-electron chi connectivity index (χ4n) is 4.33. The van der Waals surface area contributed by atoms with Gasteiger partial charge in [0.15, 0.2) is 13.4 Å². The molecule has 2 nitrogen and oxygen atoms in total. The summed E-state index contributed by atoms with van der Waals surface area (Å²) in [7, 11) is -1.90. The van der Waals surface area contributed by atoms with E-state index in [0.29, 0.717) is 0 Å². The van der Waals surface area contributed by atoms with E-state index in [4.69, 9.17) is 4.43 Å². The van der Waals surface area contributed by atoms with Gasteiger partial charge in [-0.2, -0.15) is 0 Å². The summed E-state index contributed by atoms with van der Waals surface area (Å²) in [4.78, 5) is 16.0. The van der Waals surface area contributed by atoms with Crippen LogP contribution in [0.3, 0.4) is 0 Å². The minimum absolute atomic E-state index is 0.0818. The minimum Gasteiger partial charge on any atom is -0.413 e. The Hall–Kier alpha value is -1.79. The lowest BCUT2D eigenvalue weighted by atomic mass is 9.98. The van der Waals surface area contributed by atoms with E-state index in [0.717, 1.165) is 41.6 Å². The van der Waals surface area contributed by atoms with Crippen LogP contribution in [0, 0.1) is 5.92 Å². The number of benzene rings is 3. The van der Waals surface area contributed by atoms with E-state index in [1.807, 2.05) is 36.4 Å². The van der Waals surface area contributed by atoms with Crippen molar-refractivity contribution in [2.24, 2.45) is 5.92 Å². The van der Waals surface area contributed by atoms with E-state index < -0.39 is 8.32 Å². The smallest absolute Gasteiger partial charge is 0.200 e. The third-order valence-electron chi connectivity index (χ3n) is 6.78. The second-order valence-corrected chi connectivity index (χ2v) is 15.8. The van der Waals surface area contributed by atoms with Gasteiger partial charge in [-0.05, 0) is 60.8 Å². The van der Waals surface area contributed by atoms with Gasteiger partial charge >= 0.3 is 0 Å². The Morgan fingerprint density at radius 3 is 1.83 bits per heavy atom. The molecular formula is C30H38O2S2Si. The number of aryl methyl sites for hydroxylation is 1. The molecule has 0 fully saturated rings. The Balaban J connectivity index is 1.88. The fraction of sp³-hybridized carbons (Fsp3) is 0.367. The van der Waals surface area contributed by atoms with Gasteiger partial charge in [0.2, 0.25) is 0 Å². The summed E-state index contributed by atoms with van der Waals surface area (Å²) < 4.78 is 7.11. The molecule has 0 amide bonds. The molecule has 0 radical (unpaired) electrons. The molecule has 0 aliphatic rings. The van der Waals surface area contributed by atoms with E-state index in [1.54, 1.807) is 11.8 Å². The van der Waals surface area contributed by atoms with Crippen molar-refractivity contribution in [1.82, 2.24) is 0 Å². The molecule has 3 aromatic carbocycles. The summed E-state index contributed by atoms with van der Waals surface area (Å²) in [6.45, 7) is 6.80. The number of carbonyl (C=O) groups is 1. The Kier molecular flexibility index (Phi) is 11.7. The monoisotopic (exact) mass is 522 g/mol. The summed E-state index contributed by atoms with van der Waals surface area (Å²) >= 11 is 3.14. The summed E-state index contributed by atoms with van der Waals surface area (Å²) in [6, 6.07) is 34.3. The molecule has 0 saturated heterocycles. The van der Waals surface area contributed by atoms with Crippen LogP contribution in [-0.2, 0) is 15.6 Å². The molecule has 0 saturated carbocycles. The number of rotatable bonds is 14. The van der Waals surface area contributed by atoms with Gasteiger partial charge in [0, 0.05) is 15.5 Å². The summed E-state index contributed by atoms with van der Waals surface area (Å²) in [5.74, 6) is 0.551. The van der Waals surface area contributed by atoms with E-state index >= 15 is 0 Å². The van der Waals surface area contributed by atoms with Crippen LogP contribution in [-0.4, -0.2) is 25.3 Å². The summed E-state index contributed by atoms with van der Waals surface area (Å²) in [5.41, 5.74) is 1.30. The molecule has 186 valence electrons. The van der Waals surface area contributed by atoms with Crippen molar-refractivity contribution in [1.29, 1.82) is 0 Å². The Labute approximate surface area is 221 Å². The molecule has 0 spiro atoms. The van der Waals surface area contributed by atoms with Crippen LogP contribution >= 0.6 is 23.5 Å². The van der Waals surface area contributed by atoms with Gasteiger partial charge in [0.1, 0.15) is 0 Å². The topological polar surface area (TPSA) is 26.3 Å². The SMILES string of the molecule is CC[Si](CC)(CC)O[C@H](CCc1ccccc1)[C@@H](CSc1ccccc1)C(=O)Sc1ccccc1. The number of thioether (sulfide) groups is 2. The van der Waals surface area contributed by atoms with Gasteiger partial charge < -0.3 is 4.43 Å². The van der Waals surface area contributed by atoms with E-state index in [9.17, 15) is 4.79 Å². The van der Waals surface area contributed by atoms with Crippen LogP contribution in [0.25, 0.3) is 0 Å². The normalized spacial score (nSPS) is 13.3. The zero-order valence-corrected chi connectivity index (χ0v) is 23.8. The van der Waals surface area contributed by atoms with Crippen molar-refractivity contribution in [3.05, 3.63) is 96.6 Å². The average Bonchev–Trinajstić information content (AvgIpc) is 2.92. The first kappa shape index (κ1) is 27.8. The van der Waals surface area contributed by atoms with Crippen molar-refractivity contribution >= 4 is 37.0 Å². The Morgan fingerprint density at radius 2 is 1.29 bits per heavy atom. The molecule has 0 aliphatic carbocycles. The molecule has 0 bridgehead atoms. The number of carbonyl (C=O) groups excluding carboxylic acids is 1. The van der Waals surface area contributed by atoms with Gasteiger partial charge in [-0.25, -0.2) is 0 Å². The Morgan fingerprint density at radius 1 is 0.771 bits per heavy atom. The van der Waals surface area contributed by atoms with Gasteiger partial charge in [-0.1, -0.05) is 99.3 Å². The first-order valence-corrected chi connectivity index (χ1v) is 17.1. The number of hydrogen-bond acceptors (Lipinski definition) is 4. The fourth-order valence-corrected chi connectivity index (χ4v) is 9.36. The van der Waals surface area contributed by atoms with Crippen LogP contribution in [0.15, 0.2) is 101 Å². The molecular weight excluding hydrogens is 485 g/mol. The van der Waals surface area contributed by atoms with Crippen LogP contribution in [0.5, 0.6) is 0 Å². The molecule has 3 aromatic rings. The van der Waals surface area contributed by atoms with Crippen LogP contribution in [0.2, 0.25) is 18.1 Å². The summed E-state index contributed by atoms with van der Waals surface area (Å²) in [6.07, 6.45) is 1.70. The van der Waals surface area contributed by atoms with Crippen molar-refractivity contribution in [3.63, 3.8) is 0 Å². The lowest BCUT2D eigenvalue weighted by molar-refractivity contribution is -0.116. The van der Waals surface area contributed by atoms with Crippen molar-refractivity contribution in [3.8, 4) is 0 Å². The lowest BCUT2D eigenvalue weighted by Gasteiger charge is -2.36. The van der Waals surface area contributed by atoms with Gasteiger partial charge in [0.25, 0.3) is 0 Å². The molecule has 0 aromatic heterocycles. The van der Waals surface area contributed by atoms with Gasteiger partial charge in [0.05, 0.1) is 12.0 Å². The third kappa shape index (κ3) is 8.67. The standard InChI is InChI=1S/C30H38O2S2Si/c1-4-35(5-2,6-3)32-29(23-22-25-16-10-7-11-17-25)28(24-33-26-18-12-8-13-19-26)30(31)34-27-20-14-9-15-21-27/h7-21,28-29H,4-6,22-24H2,1-3H3/t28-,29-/m1/s1. The molecule has 2 atom stereocenters. The maximum Gasteiger partial charge on any atom is 0.200 e. The minimum atomic E-state index is -1.90. The summed E-state index contributed by atoms with van der Waals surface area (Å²) in [5, 5.41) is 0.212. The zero-order chi connectivity index (χ0) is 24.9. The highest BCUT2D eigenvalue weighted by atomic mass is 32.2.